The molecule has 15 heavy (non-hydrogen) atoms. The van der Waals surface area contributed by atoms with Gasteiger partial charge in [0.05, 0.1) is 6.61 Å². The van der Waals surface area contributed by atoms with E-state index in [1.54, 1.807) is 6.07 Å². The fraction of sp³-hybridized carbons (Fsp3) is 0.364. The number of nitriles is 1. The first kappa shape index (κ1) is 9.94. The Balaban J connectivity index is 2.66. The van der Waals surface area contributed by atoms with E-state index in [2.05, 4.69) is 0 Å². The van der Waals surface area contributed by atoms with Crippen LogP contribution in [-0.2, 0) is 13.0 Å². The number of rotatable bonds is 1. The molecule has 4 heteroatoms. The predicted molar refractivity (Wildman–Crippen MR) is 50.8 cm³/mol. The van der Waals surface area contributed by atoms with Crippen LogP contribution in [-0.4, -0.2) is 11.2 Å². The molecule has 1 aliphatic heterocycles. The topological polar surface area (TPSA) is 53.2 Å². The molecule has 1 unspecified atom stereocenters. The average Bonchev–Trinajstić information content (AvgIpc) is 2.58. The summed E-state index contributed by atoms with van der Waals surface area (Å²) in [5.41, 5.74) is 1.19. The van der Waals surface area contributed by atoms with Crippen molar-refractivity contribution in [1.82, 2.24) is 0 Å². The third-order valence-electron chi connectivity index (χ3n) is 2.52. The summed E-state index contributed by atoms with van der Waals surface area (Å²) in [6.45, 7) is 1.61. The molecule has 1 aliphatic rings. The van der Waals surface area contributed by atoms with Crippen LogP contribution < -0.4 is 4.74 Å². The average molecular weight is 207 g/mol. The lowest BCUT2D eigenvalue weighted by molar-refractivity contribution is 0.253. The maximum absolute atomic E-state index is 13.4. The molecular formula is C11H10FNO2. The van der Waals surface area contributed by atoms with Crippen molar-refractivity contribution in [1.29, 1.82) is 5.26 Å². The molecule has 0 amide bonds. The highest BCUT2D eigenvalue weighted by Gasteiger charge is 2.27. The lowest BCUT2D eigenvalue weighted by Crippen LogP contribution is -2.06. The Morgan fingerprint density at radius 3 is 3.07 bits per heavy atom. The molecule has 0 bridgehead atoms. The van der Waals surface area contributed by atoms with Gasteiger partial charge in [0, 0.05) is 12.0 Å². The predicted octanol–water partition coefficient (Wildman–Crippen LogP) is 1.51. The Morgan fingerprint density at radius 2 is 2.47 bits per heavy atom. The van der Waals surface area contributed by atoms with Gasteiger partial charge in [-0.2, -0.15) is 5.26 Å². The number of ether oxygens (including phenoxy) is 1. The Labute approximate surface area is 86.7 Å². The highest BCUT2D eigenvalue weighted by molar-refractivity contribution is 5.55. The standard InChI is InChI=1S/C11H10FNO2/c1-6-2-8-7(5-14)3-10(12)9(4-13)11(8)15-6/h3,6,14H,2,5H2,1H3. The second-order valence-corrected chi connectivity index (χ2v) is 3.60. The largest absolute Gasteiger partial charge is 0.489 e. The van der Waals surface area contributed by atoms with Gasteiger partial charge in [0.15, 0.2) is 0 Å². The van der Waals surface area contributed by atoms with Gasteiger partial charge in [0.25, 0.3) is 0 Å². The molecule has 0 saturated carbocycles. The van der Waals surface area contributed by atoms with Crippen LogP contribution in [0.1, 0.15) is 23.6 Å². The van der Waals surface area contributed by atoms with Gasteiger partial charge >= 0.3 is 0 Å². The van der Waals surface area contributed by atoms with Gasteiger partial charge in [-0.05, 0) is 18.6 Å². The van der Waals surface area contributed by atoms with E-state index in [0.29, 0.717) is 17.7 Å². The summed E-state index contributed by atoms with van der Waals surface area (Å²) in [6.07, 6.45) is 0.541. The third-order valence-corrected chi connectivity index (χ3v) is 2.52. The summed E-state index contributed by atoms with van der Waals surface area (Å²) >= 11 is 0. The second-order valence-electron chi connectivity index (χ2n) is 3.60. The van der Waals surface area contributed by atoms with Gasteiger partial charge in [-0.25, -0.2) is 4.39 Å². The molecule has 3 nitrogen and oxygen atoms in total. The molecule has 1 aromatic rings. The van der Waals surface area contributed by atoms with Crippen molar-refractivity contribution in [2.45, 2.75) is 26.1 Å². The van der Waals surface area contributed by atoms with E-state index in [9.17, 15) is 4.39 Å². The SMILES string of the molecule is CC1Cc2c(CO)cc(F)c(C#N)c2O1. The molecule has 0 radical (unpaired) electrons. The summed E-state index contributed by atoms with van der Waals surface area (Å²) in [7, 11) is 0. The summed E-state index contributed by atoms with van der Waals surface area (Å²) in [4.78, 5) is 0. The van der Waals surface area contributed by atoms with Crippen molar-refractivity contribution in [3.05, 3.63) is 28.6 Å². The first-order chi connectivity index (χ1) is 7.17. The van der Waals surface area contributed by atoms with E-state index in [0.717, 1.165) is 5.56 Å². The number of hydrogen-bond donors (Lipinski definition) is 1. The summed E-state index contributed by atoms with van der Waals surface area (Å²) in [6, 6.07) is 2.99. The summed E-state index contributed by atoms with van der Waals surface area (Å²) < 4.78 is 18.8. The number of benzene rings is 1. The minimum atomic E-state index is -0.630. The van der Waals surface area contributed by atoms with E-state index in [1.165, 1.54) is 6.07 Å². The van der Waals surface area contributed by atoms with Crippen LogP contribution in [0.2, 0.25) is 0 Å². The molecule has 0 spiro atoms. The second kappa shape index (κ2) is 3.52. The zero-order valence-corrected chi connectivity index (χ0v) is 8.25. The fourth-order valence-electron chi connectivity index (χ4n) is 1.85. The van der Waals surface area contributed by atoms with Crippen LogP contribution in [0.25, 0.3) is 0 Å². The lowest BCUT2D eigenvalue weighted by atomic mass is 10.0. The zero-order chi connectivity index (χ0) is 11.0. The molecule has 1 heterocycles. The normalized spacial score (nSPS) is 18.1. The van der Waals surface area contributed by atoms with Gasteiger partial charge in [-0.15, -0.1) is 0 Å². The summed E-state index contributed by atoms with van der Waals surface area (Å²) in [5.74, 6) is -0.330. The molecule has 1 atom stereocenters. The van der Waals surface area contributed by atoms with Crippen molar-refractivity contribution in [3.8, 4) is 11.8 Å². The Morgan fingerprint density at radius 1 is 1.73 bits per heavy atom. The van der Waals surface area contributed by atoms with Gasteiger partial charge in [-0.1, -0.05) is 0 Å². The quantitative estimate of drug-likeness (QED) is 0.759. The monoisotopic (exact) mass is 207 g/mol. The number of hydrogen-bond acceptors (Lipinski definition) is 3. The fourth-order valence-corrected chi connectivity index (χ4v) is 1.85. The molecule has 2 rings (SSSR count). The maximum Gasteiger partial charge on any atom is 0.145 e. The van der Waals surface area contributed by atoms with E-state index in [4.69, 9.17) is 15.1 Å². The van der Waals surface area contributed by atoms with Crippen molar-refractivity contribution in [2.24, 2.45) is 0 Å². The number of aliphatic hydroxyl groups excluding tert-OH is 1. The van der Waals surface area contributed by atoms with Crippen molar-refractivity contribution in [3.63, 3.8) is 0 Å². The van der Waals surface area contributed by atoms with Crippen molar-refractivity contribution < 1.29 is 14.2 Å². The van der Waals surface area contributed by atoms with Crippen LogP contribution >= 0.6 is 0 Å². The van der Waals surface area contributed by atoms with E-state index in [-0.39, 0.29) is 18.3 Å². The number of fused-ring (bicyclic) bond motifs is 1. The van der Waals surface area contributed by atoms with Crippen LogP contribution in [0.15, 0.2) is 6.07 Å². The molecule has 1 N–H and O–H groups in total. The Kier molecular flexibility index (Phi) is 2.33. The molecule has 0 saturated heterocycles. The first-order valence-corrected chi connectivity index (χ1v) is 4.69. The van der Waals surface area contributed by atoms with Gasteiger partial charge in [0.2, 0.25) is 0 Å². The minimum Gasteiger partial charge on any atom is -0.489 e. The van der Waals surface area contributed by atoms with E-state index in [1.807, 2.05) is 6.92 Å². The van der Waals surface area contributed by atoms with Crippen LogP contribution in [0.5, 0.6) is 5.75 Å². The zero-order valence-electron chi connectivity index (χ0n) is 8.25. The Bertz CT molecular complexity index is 451. The van der Waals surface area contributed by atoms with Gasteiger partial charge in [-0.3, -0.25) is 0 Å². The molecule has 1 aromatic carbocycles. The lowest BCUT2D eigenvalue weighted by Gasteiger charge is -2.07. The van der Waals surface area contributed by atoms with Crippen LogP contribution in [0, 0.1) is 17.1 Å². The van der Waals surface area contributed by atoms with Gasteiger partial charge < -0.3 is 9.84 Å². The van der Waals surface area contributed by atoms with E-state index < -0.39 is 5.82 Å². The molecule has 0 aliphatic carbocycles. The van der Waals surface area contributed by atoms with Crippen molar-refractivity contribution >= 4 is 0 Å². The van der Waals surface area contributed by atoms with Crippen molar-refractivity contribution in [2.75, 3.05) is 0 Å². The smallest absolute Gasteiger partial charge is 0.145 e. The Hall–Kier alpha value is -1.60. The van der Waals surface area contributed by atoms with Crippen LogP contribution in [0.4, 0.5) is 4.39 Å². The molecule has 78 valence electrons. The first-order valence-electron chi connectivity index (χ1n) is 4.69. The van der Waals surface area contributed by atoms with Crippen LogP contribution in [0.3, 0.4) is 0 Å². The highest BCUT2D eigenvalue weighted by atomic mass is 19.1. The number of halogens is 1. The van der Waals surface area contributed by atoms with E-state index >= 15 is 0 Å². The summed E-state index contributed by atoms with van der Waals surface area (Å²) in [5, 5.41) is 17.9. The molecule has 0 aromatic heterocycles. The number of nitrogens with zero attached hydrogens (tertiary/aromatic N) is 1. The minimum absolute atomic E-state index is 0.0634. The highest BCUT2D eigenvalue weighted by Crippen LogP contribution is 2.36. The third kappa shape index (κ3) is 1.45. The molecular weight excluding hydrogens is 197 g/mol. The maximum atomic E-state index is 13.4. The number of aliphatic hydroxyl groups is 1. The van der Waals surface area contributed by atoms with Gasteiger partial charge in [0.1, 0.15) is 29.3 Å². The molecule has 0 fully saturated rings.